The van der Waals surface area contributed by atoms with Gasteiger partial charge in [0.15, 0.2) is 0 Å². The van der Waals surface area contributed by atoms with E-state index in [1.165, 1.54) is 0 Å². The normalized spacial score (nSPS) is 11.4. The Kier molecular flexibility index (Phi) is 20.5. The van der Waals surface area contributed by atoms with E-state index in [-0.39, 0.29) is 6.61 Å². The summed E-state index contributed by atoms with van der Waals surface area (Å²) in [5, 5.41) is 9.56. The first-order valence-electron chi connectivity index (χ1n) is 13.1. The van der Waals surface area contributed by atoms with Crippen LogP contribution in [0.1, 0.15) is 0 Å². The molecule has 1 heterocycles. The third-order valence-electron chi connectivity index (χ3n) is 4.93. The van der Waals surface area contributed by atoms with Gasteiger partial charge in [-0.05, 0) is 24.3 Å². The fraction of sp³-hybridized carbons (Fsp3) is 0.667. The summed E-state index contributed by atoms with van der Waals surface area (Å²) >= 11 is 0. The van der Waals surface area contributed by atoms with Crippen LogP contribution in [-0.4, -0.2) is 129 Å². The van der Waals surface area contributed by atoms with Gasteiger partial charge in [-0.1, -0.05) is 6.07 Å². The van der Waals surface area contributed by atoms with Gasteiger partial charge in [0.05, 0.1) is 118 Å². The molecule has 2 rings (SSSR count). The number of ether oxygens (including phenoxy) is 9. The molecule has 216 valence electrons. The van der Waals surface area contributed by atoms with Crippen molar-refractivity contribution in [2.75, 3.05) is 119 Å². The van der Waals surface area contributed by atoms with Gasteiger partial charge in [-0.15, -0.1) is 0 Å². The third kappa shape index (κ3) is 16.8. The topological polar surface area (TPSA) is 116 Å². The van der Waals surface area contributed by atoms with E-state index in [1.54, 1.807) is 6.20 Å². The molecule has 0 aliphatic rings. The maximum atomic E-state index is 8.57. The predicted octanol–water partition coefficient (Wildman–Crippen LogP) is 1.74. The smallest absolute Gasteiger partial charge is 0.128 e. The number of nitrogens with zero attached hydrogens (tertiary/aromatic N) is 1. The molecule has 0 radical (unpaired) electrons. The van der Waals surface area contributed by atoms with Gasteiger partial charge in [0.2, 0.25) is 0 Å². The van der Waals surface area contributed by atoms with Crippen molar-refractivity contribution in [2.45, 2.75) is 0 Å². The molecule has 0 amide bonds. The van der Waals surface area contributed by atoms with Crippen molar-refractivity contribution in [3.05, 3.63) is 36.5 Å². The maximum Gasteiger partial charge on any atom is 0.128 e. The van der Waals surface area contributed by atoms with Crippen LogP contribution in [0.2, 0.25) is 0 Å². The second-order valence-electron chi connectivity index (χ2n) is 7.80. The van der Waals surface area contributed by atoms with Gasteiger partial charge in [-0.25, -0.2) is 0 Å². The molecule has 0 unspecified atom stereocenters. The van der Waals surface area contributed by atoms with Crippen LogP contribution in [0, 0.1) is 0 Å². The Balaban J connectivity index is 1.23. The highest BCUT2D eigenvalue weighted by Gasteiger charge is 2.02. The Morgan fingerprint density at radius 3 is 1.34 bits per heavy atom. The number of hydrogen-bond donors (Lipinski definition) is 1. The zero-order chi connectivity index (χ0) is 26.8. The summed E-state index contributed by atoms with van der Waals surface area (Å²) in [7, 11) is 0. The summed E-state index contributed by atoms with van der Waals surface area (Å²) in [5.41, 5.74) is 0.914. The summed E-state index contributed by atoms with van der Waals surface area (Å²) in [5.74, 6) is 0.811. The van der Waals surface area contributed by atoms with E-state index in [1.807, 2.05) is 30.3 Å². The molecular formula is C27H43NO10. The Morgan fingerprint density at radius 1 is 0.474 bits per heavy atom. The Morgan fingerprint density at radius 2 is 0.895 bits per heavy atom. The van der Waals surface area contributed by atoms with Crippen LogP contribution in [0.15, 0.2) is 36.5 Å². The fourth-order valence-electron chi connectivity index (χ4n) is 3.12. The van der Waals surface area contributed by atoms with E-state index in [0.717, 1.165) is 16.7 Å². The third-order valence-corrected chi connectivity index (χ3v) is 4.93. The monoisotopic (exact) mass is 541 g/mol. The minimum Gasteiger partial charge on any atom is -0.490 e. The minimum absolute atomic E-state index is 0.0274. The average Bonchev–Trinajstić information content (AvgIpc) is 2.95. The van der Waals surface area contributed by atoms with E-state index in [4.69, 9.17) is 47.7 Å². The van der Waals surface area contributed by atoms with Gasteiger partial charge >= 0.3 is 0 Å². The molecule has 2 aromatic rings. The van der Waals surface area contributed by atoms with Crippen molar-refractivity contribution >= 4 is 10.9 Å². The van der Waals surface area contributed by atoms with E-state index in [0.29, 0.717) is 112 Å². The molecule has 0 saturated heterocycles. The summed E-state index contributed by atoms with van der Waals surface area (Å²) in [6.07, 6.45) is 1.77. The number of fused-ring (bicyclic) bond motifs is 1. The van der Waals surface area contributed by atoms with Crippen LogP contribution >= 0.6 is 0 Å². The van der Waals surface area contributed by atoms with Gasteiger partial charge < -0.3 is 47.7 Å². The van der Waals surface area contributed by atoms with Gasteiger partial charge in [-0.3, -0.25) is 4.98 Å². The first-order chi connectivity index (χ1) is 18.9. The SMILES string of the molecule is OCCOCCOCCOCCOCCOCCOCCOCCOCCOc1cccc2ncccc12. The summed E-state index contributed by atoms with van der Waals surface area (Å²) in [6.45, 7) is 8.38. The van der Waals surface area contributed by atoms with Gasteiger partial charge in [0.1, 0.15) is 12.4 Å². The van der Waals surface area contributed by atoms with Gasteiger partial charge in [-0.2, -0.15) is 0 Å². The van der Waals surface area contributed by atoms with Crippen LogP contribution in [0.5, 0.6) is 5.75 Å². The van der Waals surface area contributed by atoms with Crippen LogP contribution < -0.4 is 4.74 Å². The molecule has 0 saturated carbocycles. The van der Waals surface area contributed by atoms with Gasteiger partial charge in [0.25, 0.3) is 0 Å². The lowest BCUT2D eigenvalue weighted by Gasteiger charge is -2.10. The highest BCUT2D eigenvalue weighted by Crippen LogP contribution is 2.23. The van der Waals surface area contributed by atoms with E-state index >= 15 is 0 Å². The molecular weight excluding hydrogens is 498 g/mol. The van der Waals surface area contributed by atoms with Crippen molar-refractivity contribution < 1.29 is 47.7 Å². The molecule has 1 N–H and O–H groups in total. The molecule has 0 aliphatic carbocycles. The zero-order valence-electron chi connectivity index (χ0n) is 22.3. The second-order valence-corrected chi connectivity index (χ2v) is 7.80. The Labute approximate surface area is 225 Å². The number of aliphatic hydroxyl groups is 1. The quantitative estimate of drug-likeness (QED) is 0.167. The van der Waals surface area contributed by atoms with E-state index < -0.39 is 0 Å². The van der Waals surface area contributed by atoms with E-state index in [9.17, 15) is 0 Å². The van der Waals surface area contributed by atoms with Crippen molar-refractivity contribution in [1.82, 2.24) is 4.98 Å². The first kappa shape index (κ1) is 32.3. The lowest BCUT2D eigenvalue weighted by atomic mass is 10.2. The largest absolute Gasteiger partial charge is 0.490 e. The van der Waals surface area contributed by atoms with E-state index in [2.05, 4.69) is 4.98 Å². The second kappa shape index (κ2) is 24.1. The zero-order valence-corrected chi connectivity index (χ0v) is 22.3. The average molecular weight is 542 g/mol. The first-order valence-corrected chi connectivity index (χ1v) is 13.1. The highest BCUT2D eigenvalue weighted by molar-refractivity contribution is 5.84. The highest BCUT2D eigenvalue weighted by atomic mass is 16.6. The van der Waals surface area contributed by atoms with Crippen LogP contribution in [-0.2, 0) is 37.9 Å². The van der Waals surface area contributed by atoms with Crippen molar-refractivity contribution in [2.24, 2.45) is 0 Å². The molecule has 11 nitrogen and oxygen atoms in total. The number of rotatable bonds is 27. The maximum absolute atomic E-state index is 8.57. The van der Waals surface area contributed by atoms with Gasteiger partial charge in [0, 0.05) is 11.6 Å². The number of benzene rings is 1. The standard InChI is InChI=1S/C27H43NO10/c29-7-8-30-9-10-31-11-12-32-13-14-33-15-16-34-17-18-35-19-20-36-21-22-37-23-24-38-27-5-1-4-26-25(27)3-2-6-28-26/h1-6,29H,7-24H2. The summed E-state index contributed by atoms with van der Waals surface area (Å²) < 4.78 is 49.0. The molecule has 38 heavy (non-hydrogen) atoms. The fourth-order valence-corrected chi connectivity index (χ4v) is 3.12. The predicted molar refractivity (Wildman–Crippen MR) is 141 cm³/mol. The minimum atomic E-state index is 0.0274. The Bertz CT molecular complexity index is 792. The lowest BCUT2D eigenvalue weighted by molar-refractivity contribution is -0.0242. The number of aromatic nitrogens is 1. The van der Waals surface area contributed by atoms with Crippen molar-refractivity contribution in [1.29, 1.82) is 0 Å². The van der Waals surface area contributed by atoms with Crippen LogP contribution in [0.3, 0.4) is 0 Å². The Hall–Kier alpha value is -1.93. The molecule has 1 aromatic carbocycles. The molecule has 0 aliphatic heterocycles. The molecule has 1 aromatic heterocycles. The molecule has 0 spiro atoms. The van der Waals surface area contributed by atoms with Crippen LogP contribution in [0.25, 0.3) is 10.9 Å². The van der Waals surface area contributed by atoms with Crippen molar-refractivity contribution in [3.8, 4) is 5.75 Å². The number of hydrogen-bond acceptors (Lipinski definition) is 11. The molecule has 0 fully saturated rings. The molecule has 11 heteroatoms. The van der Waals surface area contributed by atoms with Crippen molar-refractivity contribution in [3.63, 3.8) is 0 Å². The van der Waals surface area contributed by atoms with Crippen LogP contribution in [0.4, 0.5) is 0 Å². The number of aliphatic hydroxyl groups excluding tert-OH is 1. The molecule has 0 atom stereocenters. The number of pyridine rings is 1. The molecule has 0 bridgehead atoms. The summed E-state index contributed by atoms with van der Waals surface area (Å²) in [4.78, 5) is 4.32. The summed E-state index contributed by atoms with van der Waals surface area (Å²) in [6, 6.07) is 9.72. The lowest BCUT2D eigenvalue weighted by Crippen LogP contribution is -2.15.